The number of rotatable bonds is 7. The molecule has 0 bridgehead atoms. The van der Waals surface area contributed by atoms with Crippen molar-refractivity contribution in [3.8, 4) is 5.75 Å². The van der Waals surface area contributed by atoms with Crippen LogP contribution < -0.4 is 9.46 Å². The maximum atomic E-state index is 12.8. The molecule has 1 N–H and O–H groups in total. The highest BCUT2D eigenvalue weighted by Crippen LogP contribution is 2.27. The number of likely N-dealkylation sites (tertiary alicyclic amines) is 1. The molecule has 1 amide bonds. The van der Waals surface area contributed by atoms with Crippen LogP contribution in [0.15, 0.2) is 23.1 Å². The first-order chi connectivity index (χ1) is 13.5. The van der Waals surface area contributed by atoms with Gasteiger partial charge >= 0.3 is 0 Å². The Hall–Kier alpha value is -1.60. The lowest BCUT2D eigenvalue weighted by atomic mass is 9.97. The molecular formula is C21H32N2O4S. The molecule has 156 valence electrons. The lowest BCUT2D eigenvalue weighted by Gasteiger charge is -2.18. The van der Waals surface area contributed by atoms with Crippen molar-refractivity contribution >= 4 is 15.9 Å². The summed E-state index contributed by atoms with van der Waals surface area (Å²) in [6.07, 6.45) is 10.3. The summed E-state index contributed by atoms with van der Waals surface area (Å²) in [5, 5.41) is 0. The van der Waals surface area contributed by atoms with Gasteiger partial charge in [-0.15, -0.1) is 0 Å². The third kappa shape index (κ3) is 5.26. The minimum atomic E-state index is -3.65. The third-order valence-corrected chi connectivity index (χ3v) is 7.38. The minimum absolute atomic E-state index is 0.122. The van der Waals surface area contributed by atoms with Gasteiger partial charge in [-0.25, -0.2) is 13.1 Å². The van der Waals surface area contributed by atoms with Crippen LogP contribution >= 0.6 is 0 Å². The van der Waals surface area contributed by atoms with Gasteiger partial charge in [0.15, 0.2) is 0 Å². The van der Waals surface area contributed by atoms with Crippen molar-refractivity contribution < 1.29 is 17.9 Å². The van der Waals surface area contributed by atoms with Crippen LogP contribution in [0.3, 0.4) is 0 Å². The first kappa shape index (κ1) is 21.1. The highest BCUT2D eigenvalue weighted by Gasteiger charge is 2.25. The van der Waals surface area contributed by atoms with Crippen molar-refractivity contribution in [3.05, 3.63) is 23.8 Å². The lowest BCUT2D eigenvalue weighted by Crippen LogP contribution is -2.29. The molecule has 0 unspecified atom stereocenters. The van der Waals surface area contributed by atoms with Crippen molar-refractivity contribution in [2.24, 2.45) is 5.92 Å². The summed E-state index contributed by atoms with van der Waals surface area (Å²) in [4.78, 5) is 14.7. The summed E-state index contributed by atoms with van der Waals surface area (Å²) in [6, 6.07) is 4.53. The van der Waals surface area contributed by atoms with E-state index in [1.165, 1.54) is 57.8 Å². The molecule has 1 saturated carbocycles. The third-order valence-electron chi connectivity index (χ3n) is 5.92. The van der Waals surface area contributed by atoms with Gasteiger partial charge in [-0.05, 0) is 43.4 Å². The van der Waals surface area contributed by atoms with Crippen LogP contribution in [-0.2, 0) is 10.0 Å². The normalized spacial score (nSPS) is 18.8. The van der Waals surface area contributed by atoms with Gasteiger partial charge in [0.2, 0.25) is 10.0 Å². The number of methoxy groups -OCH3 is 1. The van der Waals surface area contributed by atoms with Gasteiger partial charge in [0, 0.05) is 19.6 Å². The molecule has 1 heterocycles. The minimum Gasteiger partial charge on any atom is -0.496 e. The van der Waals surface area contributed by atoms with Crippen LogP contribution in [0.25, 0.3) is 0 Å². The number of amides is 1. The molecule has 3 rings (SSSR count). The average molecular weight is 409 g/mol. The molecule has 2 aliphatic rings. The predicted octanol–water partition coefficient (Wildman–Crippen LogP) is 3.57. The van der Waals surface area contributed by atoms with Crippen LogP contribution in [0, 0.1) is 5.92 Å². The smallest absolute Gasteiger partial charge is 0.257 e. The van der Waals surface area contributed by atoms with E-state index >= 15 is 0 Å². The average Bonchev–Trinajstić information content (AvgIpc) is 3.11. The maximum absolute atomic E-state index is 12.8. The Labute approximate surface area is 168 Å². The summed E-state index contributed by atoms with van der Waals surface area (Å²) in [5.74, 6) is 0.854. The van der Waals surface area contributed by atoms with E-state index in [4.69, 9.17) is 4.74 Å². The number of carbonyl (C=O) groups is 1. The van der Waals surface area contributed by atoms with Crippen LogP contribution in [0.4, 0.5) is 0 Å². The van der Waals surface area contributed by atoms with Gasteiger partial charge in [-0.1, -0.05) is 38.5 Å². The van der Waals surface area contributed by atoms with E-state index in [0.717, 1.165) is 19.3 Å². The quantitative estimate of drug-likeness (QED) is 0.700. The summed E-state index contributed by atoms with van der Waals surface area (Å²) < 4.78 is 33.5. The number of nitrogens with one attached hydrogen (secondary N) is 1. The number of hydrogen-bond acceptors (Lipinski definition) is 4. The molecule has 28 heavy (non-hydrogen) atoms. The van der Waals surface area contributed by atoms with Crippen molar-refractivity contribution in [3.63, 3.8) is 0 Å². The molecule has 0 radical (unpaired) electrons. The molecule has 1 saturated heterocycles. The molecular weight excluding hydrogens is 376 g/mol. The Bertz CT molecular complexity index is 765. The van der Waals surface area contributed by atoms with E-state index in [1.54, 1.807) is 11.0 Å². The summed E-state index contributed by atoms with van der Waals surface area (Å²) in [5.41, 5.74) is 0.316. The summed E-state index contributed by atoms with van der Waals surface area (Å²) in [6.45, 7) is 1.85. The van der Waals surface area contributed by atoms with Crippen molar-refractivity contribution in [2.45, 2.75) is 62.7 Å². The zero-order valence-electron chi connectivity index (χ0n) is 16.8. The first-order valence-electron chi connectivity index (χ1n) is 10.5. The molecule has 1 aromatic carbocycles. The molecule has 1 aliphatic carbocycles. The van der Waals surface area contributed by atoms with E-state index in [1.807, 2.05) is 0 Å². The van der Waals surface area contributed by atoms with Crippen molar-refractivity contribution in [1.82, 2.24) is 9.62 Å². The first-order valence-corrected chi connectivity index (χ1v) is 12.0. The molecule has 6 nitrogen and oxygen atoms in total. The molecule has 0 aromatic heterocycles. The van der Waals surface area contributed by atoms with Gasteiger partial charge in [0.1, 0.15) is 5.75 Å². The highest BCUT2D eigenvalue weighted by atomic mass is 32.2. The fourth-order valence-corrected chi connectivity index (χ4v) is 5.32. The van der Waals surface area contributed by atoms with Crippen LogP contribution in [0.2, 0.25) is 0 Å². The monoisotopic (exact) mass is 408 g/mol. The Balaban J connectivity index is 1.68. The van der Waals surface area contributed by atoms with Crippen LogP contribution in [0.1, 0.15) is 68.1 Å². The second kappa shape index (κ2) is 9.74. The second-order valence-corrected chi connectivity index (χ2v) is 9.67. The Kier molecular flexibility index (Phi) is 7.35. The van der Waals surface area contributed by atoms with E-state index in [2.05, 4.69) is 4.72 Å². The fourth-order valence-electron chi connectivity index (χ4n) is 4.25. The SMILES string of the molecule is COc1ccc(S(=O)(=O)NCCC2CCCCCC2)cc1C(=O)N1CCCC1. The highest BCUT2D eigenvalue weighted by molar-refractivity contribution is 7.89. The van der Waals surface area contributed by atoms with Crippen molar-refractivity contribution in [1.29, 1.82) is 0 Å². The Morgan fingerprint density at radius 3 is 2.43 bits per heavy atom. The number of carbonyl (C=O) groups excluding carboxylic acids is 1. The molecule has 0 spiro atoms. The van der Waals surface area contributed by atoms with Crippen LogP contribution in [0.5, 0.6) is 5.75 Å². The van der Waals surface area contributed by atoms with E-state index in [-0.39, 0.29) is 10.8 Å². The number of ether oxygens (including phenoxy) is 1. The molecule has 1 aromatic rings. The summed E-state index contributed by atoms with van der Waals surface area (Å²) in [7, 11) is -2.16. The Morgan fingerprint density at radius 2 is 1.79 bits per heavy atom. The zero-order chi connectivity index (χ0) is 20.0. The molecule has 0 atom stereocenters. The van der Waals surface area contributed by atoms with E-state index in [9.17, 15) is 13.2 Å². The van der Waals surface area contributed by atoms with E-state index < -0.39 is 10.0 Å². The fraction of sp³-hybridized carbons (Fsp3) is 0.667. The maximum Gasteiger partial charge on any atom is 0.257 e. The van der Waals surface area contributed by atoms with Crippen LogP contribution in [-0.4, -0.2) is 46.0 Å². The Morgan fingerprint density at radius 1 is 1.11 bits per heavy atom. The lowest BCUT2D eigenvalue weighted by molar-refractivity contribution is 0.0789. The van der Waals surface area contributed by atoms with Gasteiger partial charge in [0.05, 0.1) is 17.6 Å². The number of sulfonamides is 1. The molecule has 1 aliphatic heterocycles. The predicted molar refractivity (Wildman–Crippen MR) is 109 cm³/mol. The molecule has 2 fully saturated rings. The van der Waals surface area contributed by atoms with E-state index in [0.29, 0.717) is 36.9 Å². The van der Waals surface area contributed by atoms with Crippen molar-refractivity contribution in [2.75, 3.05) is 26.7 Å². The number of benzene rings is 1. The van der Waals surface area contributed by atoms with Gasteiger partial charge < -0.3 is 9.64 Å². The number of hydrogen-bond donors (Lipinski definition) is 1. The summed E-state index contributed by atoms with van der Waals surface area (Å²) >= 11 is 0. The molecule has 7 heteroatoms. The standard InChI is InChI=1S/C21H32N2O4S/c1-27-20-11-10-18(16-19(20)21(24)23-14-6-7-15-23)28(25,26)22-13-12-17-8-4-2-3-5-9-17/h10-11,16-17,22H,2-9,12-15H2,1H3. The zero-order valence-corrected chi connectivity index (χ0v) is 17.6. The topological polar surface area (TPSA) is 75.7 Å². The van der Waals surface area contributed by atoms with Gasteiger partial charge in [-0.3, -0.25) is 4.79 Å². The largest absolute Gasteiger partial charge is 0.496 e. The number of nitrogens with zero attached hydrogens (tertiary/aromatic N) is 1. The van der Waals surface area contributed by atoms with Gasteiger partial charge in [-0.2, -0.15) is 0 Å². The second-order valence-electron chi connectivity index (χ2n) is 7.91. The van der Waals surface area contributed by atoms with Gasteiger partial charge in [0.25, 0.3) is 5.91 Å².